The maximum Gasteiger partial charge on any atom is 1.00 e. The molecule has 4 aromatic carbocycles. The van der Waals surface area contributed by atoms with Crippen molar-refractivity contribution in [3.05, 3.63) is 84.9 Å². The van der Waals surface area contributed by atoms with Crippen molar-refractivity contribution in [2.24, 2.45) is 0 Å². The predicted octanol–water partition coefficient (Wildman–Crippen LogP) is 0.602. The van der Waals surface area contributed by atoms with Crippen molar-refractivity contribution in [3.63, 3.8) is 0 Å². The van der Waals surface area contributed by atoms with Crippen LogP contribution in [-0.2, 0) is 9.68 Å². The Morgan fingerprint density at radius 2 is 1.24 bits per heavy atom. The number of aromatic hydroxyl groups is 1. The molecular formula is C29H27BrCs2F2N2O5. The van der Waals surface area contributed by atoms with Crippen LogP contribution in [0.1, 0.15) is 1.43 Å². The number of fused-ring (bicyclic) bond motifs is 6. The van der Waals surface area contributed by atoms with E-state index < -0.39 is 6.67 Å². The van der Waals surface area contributed by atoms with Gasteiger partial charge in [0.2, 0.25) is 0 Å². The second kappa shape index (κ2) is 21.6. The van der Waals surface area contributed by atoms with Gasteiger partial charge in [-0.25, -0.2) is 4.39 Å². The number of phenolic OH excluding ortho intramolecular Hbond substituents is 1. The fourth-order valence-electron chi connectivity index (χ4n) is 3.92. The van der Waals surface area contributed by atoms with Crippen LogP contribution in [0.15, 0.2) is 84.9 Å². The number of ether oxygens (including phenoxy) is 1. The Labute approximate surface area is 363 Å². The molecule has 2 aromatic heterocycles. The number of hydrogen-bond acceptors (Lipinski definition) is 5. The van der Waals surface area contributed by atoms with E-state index in [9.17, 15) is 13.9 Å². The Morgan fingerprint density at radius 3 is 1.73 bits per heavy atom. The number of rotatable bonds is 5. The molecule has 6 rings (SSSR count). The standard InChI is InChI=1S/C14H12FNO.C12H9NO.C2H4BrF.CH2O3.2Cs.H/c15-7-8-17-10-5-6-12-11-3-1-2-4-13(11)16-14(12)9-10;14-8-5-6-10-9-3-1-2-4-11(9)13-12(10)7-8;3-1-2-4;2-1-4-3;;;/h1-6,9,16H,7-8H2;1-7,13-14H;1-2H2;1,3H;;;/q;;;;2*+1;-1/p-1. The third kappa shape index (κ3) is 11.8. The second-order valence-corrected chi connectivity index (χ2v) is 8.68. The van der Waals surface area contributed by atoms with Crippen molar-refractivity contribution in [2.75, 3.05) is 25.3 Å². The number of carbonyl (C=O) groups excluding carboxylic acids is 1. The minimum Gasteiger partial charge on any atom is -1.00 e. The quantitative estimate of drug-likeness (QED) is 0.102. The molecule has 0 aliphatic carbocycles. The Bertz CT molecular complexity index is 1640. The molecule has 0 fully saturated rings. The van der Waals surface area contributed by atoms with Crippen molar-refractivity contribution in [3.8, 4) is 11.5 Å². The molecule has 0 radical (unpaired) electrons. The summed E-state index contributed by atoms with van der Waals surface area (Å²) in [6.07, 6.45) is 0. The third-order valence-corrected chi connectivity index (χ3v) is 5.72. The predicted molar refractivity (Wildman–Crippen MR) is 153 cm³/mol. The van der Waals surface area contributed by atoms with Gasteiger partial charge in [0.05, 0.1) is 17.7 Å². The van der Waals surface area contributed by atoms with E-state index in [2.05, 4.69) is 42.9 Å². The molecule has 41 heavy (non-hydrogen) atoms. The van der Waals surface area contributed by atoms with E-state index in [0.717, 1.165) is 32.8 Å². The summed E-state index contributed by atoms with van der Waals surface area (Å²) in [6, 6.07) is 27.4. The molecular weight excluding hydrogens is 840 g/mol. The molecule has 0 unspecified atom stereocenters. The van der Waals surface area contributed by atoms with Gasteiger partial charge in [0.1, 0.15) is 24.8 Å². The minimum absolute atomic E-state index is 0. The first kappa shape index (κ1) is 39.0. The molecule has 0 aliphatic rings. The van der Waals surface area contributed by atoms with Gasteiger partial charge in [-0.3, -0.25) is 9.18 Å². The van der Waals surface area contributed by atoms with Gasteiger partial charge in [-0.1, -0.05) is 52.3 Å². The molecule has 0 saturated carbocycles. The molecule has 12 heteroatoms. The number of benzene rings is 4. The van der Waals surface area contributed by atoms with Crippen LogP contribution < -0.4 is 148 Å². The summed E-state index contributed by atoms with van der Waals surface area (Å²) in [5, 5.41) is 22.9. The molecule has 0 amide bonds. The van der Waals surface area contributed by atoms with Crippen LogP contribution in [0.4, 0.5) is 8.78 Å². The molecule has 7 nitrogen and oxygen atoms in total. The number of hydrogen-bond donors (Lipinski definition) is 3. The minimum atomic E-state index is -0.468. The van der Waals surface area contributed by atoms with Crippen LogP contribution in [0, 0.1) is 0 Å². The average Bonchev–Trinajstić information content (AvgIpc) is 3.53. The number of phenols is 1. The topological polar surface area (TPSA) is 110 Å². The Hall–Kier alpha value is -0.0461. The van der Waals surface area contributed by atoms with Gasteiger partial charge in [-0.2, -0.15) is 0 Å². The van der Waals surface area contributed by atoms with E-state index in [4.69, 9.17) is 14.8 Å². The molecule has 0 spiro atoms. The largest absolute Gasteiger partial charge is 1.00 e. The zero-order chi connectivity index (χ0) is 28.0. The molecule has 3 N–H and O–H groups in total. The van der Waals surface area contributed by atoms with Crippen LogP contribution in [0.2, 0.25) is 0 Å². The number of para-hydroxylation sites is 2. The number of aromatic nitrogens is 2. The fraction of sp³-hybridized carbons (Fsp3) is 0.138. The smallest absolute Gasteiger partial charge is 1.00 e. The van der Waals surface area contributed by atoms with E-state index in [1.165, 1.54) is 10.8 Å². The van der Waals surface area contributed by atoms with Crippen LogP contribution in [0.5, 0.6) is 11.5 Å². The van der Waals surface area contributed by atoms with Gasteiger partial charge in [0.15, 0.2) is 0 Å². The molecule has 0 bridgehead atoms. The monoisotopic (exact) mass is 866 g/mol. The summed E-state index contributed by atoms with van der Waals surface area (Å²) in [4.78, 5) is 17.8. The van der Waals surface area contributed by atoms with Crippen LogP contribution in [0.3, 0.4) is 0 Å². The number of halogens is 3. The third-order valence-electron chi connectivity index (χ3n) is 5.42. The van der Waals surface area contributed by atoms with E-state index in [-0.39, 0.29) is 159 Å². The Balaban J connectivity index is 0.000000611. The summed E-state index contributed by atoms with van der Waals surface area (Å²) in [5.74, 6) is 0.991. The molecule has 6 aromatic rings. The van der Waals surface area contributed by atoms with Crippen molar-refractivity contribution in [1.29, 1.82) is 0 Å². The summed E-state index contributed by atoms with van der Waals surface area (Å²) in [6.45, 7) is -0.809. The maximum absolute atomic E-state index is 12.0. The summed E-state index contributed by atoms with van der Waals surface area (Å²) in [5.41, 5.74) is 4.20. The van der Waals surface area contributed by atoms with E-state index >= 15 is 0 Å². The molecule has 0 atom stereocenters. The molecule has 0 saturated heterocycles. The van der Waals surface area contributed by atoms with E-state index in [1.807, 2.05) is 60.7 Å². The number of alkyl halides is 3. The number of nitrogens with one attached hydrogen (secondary N) is 2. The molecule has 0 aliphatic heterocycles. The summed E-state index contributed by atoms with van der Waals surface area (Å²) in [7, 11) is 0. The average molecular weight is 867 g/mol. The Kier molecular flexibility index (Phi) is 20.6. The Morgan fingerprint density at radius 1 is 0.780 bits per heavy atom. The first-order chi connectivity index (χ1) is 19.1. The van der Waals surface area contributed by atoms with Gasteiger partial charge in [0, 0.05) is 50.0 Å². The first-order valence-electron chi connectivity index (χ1n) is 11.8. The van der Waals surface area contributed by atoms with Crippen LogP contribution in [0.25, 0.3) is 43.6 Å². The molecule has 2 heterocycles. The van der Waals surface area contributed by atoms with Gasteiger partial charge >= 0.3 is 138 Å². The summed E-state index contributed by atoms with van der Waals surface area (Å²) >= 11 is 2.87. The van der Waals surface area contributed by atoms with Gasteiger partial charge in [-0.05, 0) is 36.4 Å². The second-order valence-electron chi connectivity index (χ2n) is 7.89. The first-order valence-corrected chi connectivity index (χ1v) is 12.9. The number of H-pyrrole nitrogens is 2. The normalized spacial score (nSPS) is 9.66. The van der Waals surface area contributed by atoms with Crippen molar-refractivity contribution >= 4 is 66.0 Å². The SMILES string of the molecule is FCCBr.FCCOc1ccc2c(c1)[nH]c1ccccc12.O=CO[O-].Oc1ccc2c(c1)[nH]c1ccccc12.[Cs+].[Cs+].[H-]. The zero-order valence-electron chi connectivity index (χ0n) is 23.7. The van der Waals surface area contributed by atoms with Crippen LogP contribution >= 0.6 is 15.9 Å². The van der Waals surface area contributed by atoms with Gasteiger partial charge in [-0.15, -0.1) is 0 Å². The van der Waals surface area contributed by atoms with Gasteiger partial charge < -0.3 is 31.4 Å². The number of aromatic amines is 2. The van der Waals surface area contributed by atoms with Gasteiger partial charge in [0.25, 0.3) is 6.47 Å². The number of carbonyl (C=O) groups is 1. The van der Waals surface area contributed by atoms with E-state index in [1.54, 1.807) is 12.1 Å². The molecule has 206 valence electrons. The zero-order valence-corrected chi connectivity index (χ0v) is 36.8. The van der Waals surface area contributed by atoms with Crippen molar-refractivity contribution in [2.45, 2.75) is 0 Å². The fourth-order valence-corrected chi connectivity index (χ4v) is 3.92. The maximum atomic E-state index is 12.0. The van der Waals surface area contributed by atoms with E-state index in [0.29, 0.717) is 16.8 Å². The van der Waals surface area contributed by atoms with Crippen LogP contribution in [-0.4, -0.2) is 46.8 Å². The summed E-state index contributed by atoms with van der Waals surface area (Å²) < 4.78 is 28.0. The van der Waals surface area contributed by atoms with Crippen molar-refractivity contribution < 1.29 is 173 Å². The van der Waals surface area contributed by atoms with Crippen molar-refractivity contribution in [1.82, 2.24) is 9.97 Å².